The molecule has 2 heterocycles. The lowest BCUT2D eigenvalue weighted by Crippen LogP contribution is -2.39. The van der Waals surface area contributed by atoms with Gasteiger partial charge in [-0.2, -0.15) is 0 Å². The normalized spacial score (nSPS) is 11.4. The second-order valence-electron chi connectivity index (χ2n) is 13.0. The molecule has 0 unspecified atom stereocenters. The van der Waals surface area contributed by atoms with Gasteiger partial charge in [-0.1, -0.05) is 152 Å². The van der Waals surface area contributed by atoms with Crippen LogP contribution in [0.4, 0.5) is 4.39 Å². The van der Waals surface area contributed by atoms with E-state index in [2.05, 4.69) is 71.7 Å². The third-order valence-corrected chi connectivity index (χ3v) is 9.54. The summed E-state index contributed by atoms with van der Waals surface area (Å²) in [6.45, 7) is 4.25. The van der Waals surface area contributed by atoms with Crippen LogP contribution in [-0.2, 0) is 12.1 Å². The number of nitrogens with zero attached hydrogens (tertiary/aromatic N) is 5. The number of aromatic nitrogens is 5. The Hall–Kier alpha value is -6.73. The number of rotatable bonds is 10. The third-order valence-electron chi connectivity index (χ3n) is 9.54. The SMILES string of the molecule is Cc1cc(OCc2ccc(-c3ccccc3-c3nnn(C(c4ccccc4)(c4ccccc4)c4ccccc4)n3)cc2)c(-c2ccc(F)cc2)c(C)n1. The van der Waals surface area contributed by atoms with Crippen LogP contribution < -0.4 is 4.74 Å². The van der Waals surface area contributed by atoms with Crippen molar-refractivity contribution in [3.63, 3.8) is 0 Å². The molecule has 7 heteroatoms. The van der Waals surface area contributed by atoms with E-state index in [9.17, 15) is 4.39 Å². The summed E-state index contributed by atoms with van der Waals surface area (Å²) in [5.41, 5.74) is 9.49. The number of ether oxygens (including phenoxy) is 1. The Bertz CT molecular complexity index is 2370. The molecule has 0 atom stereocenters. The highest BCUT2D eigenvalue weighted by Gasteiger charge is 2.41. The quantitative estimate of drug-likeness (QED) is 0.133. The van der Waals surface area contributed by atoms with Crippen LogP contribution in [0, 0.1) is 19.7 Å². The summed E-state index contributed by atoms with van der Waals surface area (Å²) in [5.74, 6) is 0.954. The molecular weight excluding hydrogens is 658 g/mol. The van der Waals surface area contributed by atoms with Crippen LogP contribution in [0.5, 0.6) is 5.75 Å². The smallest absolute Gasteiger partial charge is 0.205 e. The summed E-state index contributed by atoms with van der Waals surface area (Å²) < 4.78 is 20.1. The van der Waals surface area contributed by atoms with Gasteiger partial charge in [0.2, 0.25) is 5.82 Å². The van der Waals surface area contributed by atoms with Crippen molar-refractivity contribution in [3.05, 3.63) is 209 Å². The average Bonchev–Trinajstić information content (AvgIpc) is 3.70. The average molecular weight is 694 g/mol. The molecule has 6 aromatic carbocycles. The standard InChI is InChI=1S/C46H36FN5O/c1-32-30-43(44(33(2)48-32)36-26-28-40(47)29-27-36)53-31-34-22-24-35(25-23-34)41-20-12-13-21-42(41)45-49-51-52(50-45)46(37-14-6-3-7-15-37,38-16-8-4-9-17-38)39-18-10-5-11-19-39/h3-30H,31H2,1-2H3. The monoisotopic (exact) mass is 693 g/mol. The summed E-state index contributed by atoms with van der Waals surface area (Å²) in [5, 5.41) is 14.6. The first-order valence-electron chi connectivity index (χ1n) is 17.5. The highest BCUT2D eigenvalue weighted by atomic mass is 19.1. The van der Waals surface area contributed by atoms with Gasteiger partial charge >= 0.3 is 0 Å². The fraction of sp³-hybridized carbons (Fsp3) is 0.0870. The minimum Gasteiger partial charge on any atom is -0.488 e. The summed E-state index contributed by atoms with van der Waals surface area (Å²) in [4.78, 5) is 6.39. The molecule has 0 spiro atoms. The van der Waals surface area contributed by atoms with Gasteiger partial charge in [0.25, 0.3) is 0 Å². The van der Waals surface area contributed by atoms with E-state index in [4.69, 9.17) is 20.1 Å². The van der Waals surface area contributed by atoms with E-state index in [1.165, 1.54) is 12.1 Å². The molecule has 0 N–H and O–H groups in total. The molecule has 0 bridgehead atoms. The van der Waals surface area contributed by atoms with E-state index in [0.717, 1.165) is 61.5 Å². The van der Waals surface area contributed by atoms with Crippen LogP contribution in [-0.4, -0.2) is 25.2 Å². The predicted molar refractivity (Wildman–Crippen MR) is 207 cm³/mol. The number of hydrogen-bond donors (Lipinski definition) is 0. The molecule has 0 saturated carbocycles. The first-order chi connectivity index (χ1) is 26.0. The number of tetrazole rings is 1. The first kappa shape index (κ1) is 33.4. The van der Waals surface area contributed by atoms with Gasteiger partial charge < -0.3 is 4.74 Å². The molecule has 0 amide bonds. The molecule has 258 valence electrons. The highest BCUT2D eigenvalue weighted by molar-refractivity contribution is 5.80. The molecule has 8 rings (SSSR count). The van der Waals surface area contributed by atoms with Crippen LogP contribution in [0.2, 0.25) is 0 Å². The second-order valence-corrected chi connectivity index (χ2v) is 13.0. The lowest BCUT2D eigenvalue weighted by atomic mass is 9.77. The number of aryl methyl sites for hydroxylation is 2. The van der Waals surface area contributed by atoms with Gasteiger partial charge in [0.1, 0.15) is 18.2 Å². The van der Waals surface area contributed by atoms with Crippen molar-refractivity contribution in [1.82, 2.24) is 25.2 Å². The van der Waals surface area contributed by atoms with Gasteiger partial charge in [-0.15, -0.1) is 15.0 Å². The predicted octanol–water partition coefficient (Wildman–Crippen LogP) is 10.2. The minimum absolute atomic E-state index is 0.282. The van der Waals surface area contributed by atoms with Gasteiger partial charge in [-0.3, -0.25) is 4.98 Å². The van der Waals surface area contributed by atoms with Crippen LogP contribution in [0.15, 0.2) is 170 Å². The zero-order valence-electron chi connectivity index (χ0n) is 29.4. The van der Waals surface area contributed by atoms with Crippen molar-refractivity contribution in [3.8, 4) is 39.4 Å². The number of pyridine rings is 1. The maximum Gasteiger partial charge on any atom is 0.205 e. The fourth-order valence-electron chi connectivity index (χ4n) is 7.09. The van der Waals surface area contributed by atoms with Crippen molar-refractivity contribution in [2.24, 2.45) is 0 Å². The topological polar surface area (TPSA) is 65.7 Å². The highest BCUT2D eigenvalue weighted by Crippen LogP contribution is 2.41. The summed E-state index contributed by atoms with van der Waals surface area (Å²) in [7, 11) is 0. The second kappa shape index (κ2) is 14.5. The summed E-state index contributed by atoms with van der Waals surface area (Å²) >= 11 is 0. The molecular formula is C46H36FN5O. The van der Waals surface area contributed by atoms with Gasteiger partial charge in [-0.25, -0.2) is 4.39 Å². The van der Waals surface area contributed by atoms with Crippen molar-refractivity contribution in [1.29, 1.82) is 0 Å². The maximum atomic E-state index is 13.7. The minimum atomic E-state index is -0.867. The Morgan fingerprint density at radius 1 is 0.604 bits per heavy atom. The van der Waals surface area contributed by atoms with E-state index >= 15 is 0 Å². The van der Waals surface area contributed by atoms with E-state index in [-0.39, 0.29) is 5.82 Å². The number of benzene rings is 6. The number of hydrogen-bond acceptors (Lipinski definition) is 5. The molecule has 0 aliphatic rings. The maximum absolute atomic E-state index is 13.7. The van der Waals surface area contributed by atoms with Crippen LogP contribution in [0.1, 0.15) is 33.6 Å². The zero-order chi connectivity index (χ0) is 36.2. The first-order valence-corrected chi connectivity index (χ1v) is 17.5. The van der Waals surface area contributed by atoms with Gasteiger partial charge in [0, 0.05) is 28.6 Å². The third kappa shape index (κ3) is 6.49. The summed E-state index contributed by atoms with van der Waals surface area (Å²) in [6, 6.07) is 55.8. The zero-order valence-corrected chi connectivity index (χ0v) is 29.4. The van der Waals surface area contributed by atoms with Crippen LogP contribution >= 0.6 is 0 Å². The van der Waals surface area contributed by atoms with Crippen LogP contribution in [0.3, 0.4) is 0 Å². The van der Waals surface area contributed by atoms with Gasteiger partial charge in [0.05, 0.1) is 0 Å². The van der Waals surface area contributed by atoms with Gasteiger partial charge in [0.15, 0.2) is 5.54 Å². The molecule has 53 heavy (non-hydrogen) atoms. The van der Waals surface area contributed by atoms with Crippen molar-refractivity contribution in [2.45, 2.75) is 26.0 Å². The molecule has 6 nitrogen and oxygen atoms in total. The van der Waals surface area contributed by atoms with E-state index < -0.39 is 5.54 Å². The molecule has 0 aliphatic carbocycles. The Morgan fingerprint density at radius 3 is 1.72 bits per heavy atom. The van der Waals surface area contributed by atoms with Crippen LogP contribution in [0.25, 0.3) is 33.6 Å². The van der Waals surface area contributed by atoms with E-state index in [0.29, 0.717) is 18.2 Å². The molecule has 0 saturated heterocycles. The fourth-order valence-corrected chi connectivity index (χ4v) is 7.09. The van der Waals surface area contributed by atoms with E-state index in [1.807, 2.05) is 92.7 Å². The Morgan fingerprint density at radius 2 is 1.13 bits per heavy atom. The van der Waals surface area contributed by atoms with E-state index in [1.54, 1.807) is 16.9 Å². The molecule has 2 aromatic heterocycles. The molecule has 0 fully saturated rings. The Labute approximate surface area is 308 Å². The largest absolute Gasteiger partial charge is 0.488 e. The van der Waals surface area contributed by atoms with Gasteiger partial charge in [-0.05, 0) is 70.1 Å². The molecule has 8 aromatic rings. The van der Waals surface area contributed by atoms with Crippen molar-refractivity contribution >= 4 is 0 Å². The lowest BCUT2D eigenvalue weighted by Gasteiger charge is -2.34. The molecule has 0 aliphatic heterocycles. The van der Waals surface area contributed by atoms with Crippen molar-refractivity contribution in [2.75, 3.05) is 0 Å². The Balaban J connectivity index is 1.12. The molecule has 0 radical (unpaired) electrons. The lowest BCUT2D eigenvalue weighted by molar-refractivity contribution is 0.307. The van der Waals surface area contributed by atoms with Crippen molar-refractivity contribution < 1.29 is 9.13 Å². The Kier molecular flexibility index (Phi) is 9.13. The summed E-state index contributed by atoms with van der Waals surface area (Å²) in [6.07, 6.45) is 0. The number of halogens is 1.